The van der Waals surface area contributed by atoms with Gasteiger partial charge in [-0.1, -0.05) is 35.5 Å². The number of aromatic nitrogens is 1. The topological polar surface area (TPSA) is 57.8 Å². The first-order valence-electron chi connectivity index (χ1n) is 8.05. The molecule has 128 valence electrons. The number of benzene rings is 3. The van der Waals surface area contributed by atoms with Crippen LogP contribution in [0.2, 0.25) is 0 Å². The molecule has 1 aromatic heterocycles. The summed E-state index contributed by atoms with van der Waals surface area (Å²) in [6.45, 7) is 0. The number of nitrogens with zero attached hydrogens (tertiary/aromatic N) is 2. The van der Waals surface area contributed by atoms with Gasteiger partial charge in [0.25, 0.3) is 0 Å². The van der Waals surface area contributed by atoms with E-state index >= 15 is 0 Å². The molecule has 2 N–H and O–H groups in total. The molecule has 0 atom stereocenters. The highest BCUT2D eigenvalue weighted by atomic mass is 19.1. The van der Waals surface area contributed by atoms with Crippen molar-refractivity contribution < 1.29 is 14.7 Å². The minimum atomic E-state index is -0.368. The van der Waals surface area contributed by atoms with Crippen LogP contribution in [-0.4, -0.2) is 21.1 Å². The van der Waals surface area contributed by atoms with Crippen LogP contribution >= 0.6 is 0 Å². The lowest BCUT2D eigenvalue weighted by molar-refractivity contribution is 0.322. The molecule has 0 saturated carbocycles. The maximum atomic E-state index is 13.9. The fourth-order valence-electron chi connectivity index (χ4n) is 3.23. The van der Waals surface area contributed by atoms with Crippen LogP contribution in [0.4, 0.5) is 4.39 Å². The summed E-state index contributed by atoms with van der Waals surface area (Å²) in [6.07, 6.45) is 1.32. The molecule has 3 aromatic carbocycles. The van der Waals surface area contributed by atoms with Gasteiger partial charge in [-0.2, -0.15) is 0 Å². The molecule has 0 fully saturated rings. The molecule has 5 heteroatoms. The van der Waals surface area contributed by atoms with Crippen LogP contribution in [0.1, 0.15) is 5.56 Å². The quantitative estimate of drug-likeness (QED) is 0.313. The smallest absolute Gasteiger partial charge is 0.123 e. The van der Waals surface area contributed by atoms with Gasteiger partial charge in [0.1, 0.15) is 11.6 Å². The zero-order valence-corrected chi connectivity index (χ0v) is 13.7. The summed E-state index contributed by atoms with van der Waals surface area (Å²) < 4.78 is 15.9. The number of hydrogen-bond acceptors (Lipinski definition) is 3. The van der Waals surface area contributed by atoms with E-state index in [1.54, 1.807) is 30.3 Å². The van der Waals surface area contributed by atoms with Gasteiger partial charge in [-0.15, -0.1) is 0 Å². The van der Waals surface area contributed by atoms with Crippen molar-refractivity contribution in [1.29, 1.82) is 0 Å². The first-order chi connectivity index (χ1) is 12.7. The Hall–Kier alpha value is -3.60. The summed E-state index contributed by atoms with van der Waals surface area (Å²) in [6, 6.07) is 20.9. The molecule has 0 unspecified atom stereocenters. The van der Waals surface area contributed by atoms with Crippen LogP contribution in [0, 0.1) is 5.82 Å². The Morgan fingerprint density at radius 1 is 0.923 bits per heavy atom. The molecule has 4 nitrogen and oxygen atoms in total. The Morgan fingerprint density at radius 2 is 1.65 bits per heavy atom. The van der Waals surface area contributed by atoms with Crippen LogP contribution in [0.5, 0.6) is 5.75 Å². The van der Waals surface area contributed by atoms with Crippen LogP contribution in [0.3, 0.4) is 0 Å². The van der Waals surface area contributed by atoms with E-state index in [0.717, 1.165) is 22.5 Å². The molecule has 26 heavy (non-hydrogen) atoms. The summed E-state index contributed by atoms with van der Waals surface area (Å²) in [5.74, 6) is -0.206. The number of phenolic OH excluding ortho intramolecular Hbond substituents is 1. The lowest BCUT2D eigenvalue weighted by Crippen LogP contribution is -1.98. The van der Waals surface area contributed by atoms with Gasteiger partial charge in [-0.05, 0) is 48.0 Å². The Morgan fingerprint density at radius 3 is 2.35 bits per heavy atom. The maximum absolute atomic E-state index is 13.9. The fraction of sp³-hybridized carbons (Fsp3) is 0. The summed E-state index contributed by atoms with van der Waals surface area (Å²) >= 11 is 0. The third kappa shape index (κ3) is 2.59. The molecule has 0 aliphatic heterocycles. The van der Waals surface area contributed by atoms with E-state index in [2.05, 4.69) is 5.16 Å². The van der Waals surface area contributed by atoms with Crippen molar-refractivity contribution in [3.8, 4) is 22.7 Å². The largest absolute Gasteiger partial charge is 0.508 e. The number of oxime groups is 1. The van der Waals surface area contributed by atoms with Crippen molar-refractivity contribution in [3.05, 3.63) is 84.2 Å². The van der Waals surface area contributed by atoms with E-state index in [1.165, 1.54) is 18.3 Å². The van der Waals surface area contributed by atoms with Crippen LogP contribution < -0.4 is 0 Å². The lowest BCUT2D eigenvalue weighted by Gasteiger charge is -2.12. The third-order valence-electron chi connectivity index (χ3n) is 4.31. The molecule has 0 amide bonds. The van der Waals surface area contributed by atoms with E-state index < -0.39 is 0 Å². The van der Waals surface area contributed by atoms with Gasteiger partial charge in [-0.3, -0.25) is 0 Å². The predicted octanol–water partition coefficient (Wildman–Crippen LogP) is 4.95. The van der Waals surface area contributed by atoms with E-state index in [-0.39, 0.29) is 11.6 Å². The van der Waals surface area contributed by atoms with Crippen LogP contribution in [0.15, 0.2) is 78.0 Å². The molecule has 0 saturated heterocycles. The second-order valence-electron chi connectivity index (χ2n) is 5.89. The molecular formula is C21H15FN2O2. The molecule has 0 spiro atoms. The highest BCUT2D eigenvalue weighted by molar-refractivity contribution is 6.07. The molecule has 4 aromatic rings. The summed E-state index contributed by atoms with van der Waals surface area (Å²) in [4.78, 5) is 0. The van der Waals surface area contributed by atoms with Crippen molar-refractivity contribution in [2.24, 2.45) is 5.16 Å². The highest BCUT2D eigenvalue weighted by Crippen LogP contribution is 2.36. The van der Waals surface area contributed by atoms with Gasteiger partial charge >= 0.3 is 0 Å². The fourth-order valence-corrected chi connectivity index (χ4v) is 3.23. The highest BCUT2D eigenvalue weighted by Gasteiger charge is 2.19. The SMILES string of the molecule is O/N=C/c1c(-c2ccccc2)n(-c2ccc(O)cc2)c2ccc(F)cc12. The molecule has 1 heterocycles. The van der Waals surface area contributed by atoms with Gasteiger partial charge in [0.05, 0.1) is 17.4 Å². The third-order valence-corrected chi connectivity index (χ3v) is 4.31. The van der Waals surface area contributed by atoms with Crippen molar-refractivity contribution in [1.82, 2.24) is 4.57 Å². The zero-order valence-electron chi connectivity index (χ0n) is 13.7. The Labute approximate surface area is 149 Å². The minimum absolute atomic E-state index is 0.162. The average Bonchev–Trinajstić information content (AvgIpc) is 2.97. The normalized spacial score (nSPS) is 11.4. The number of phenols is 1. The number of fused-ring (bicyclic) bond motifs is 1. The maximum Gasteiger partial charge on any atom is 0.123 e. The minimum Gasteiger partial charge on any atom is -0.508 e. The molecule has 4 rings (SSSR count). The van der Waals surface area contributed by atoms with Crippen molar-refractivity contribution in [2.45, 2.75) is 0 Å². The van der Waals surface area contributed by atoms with E-state index in [4.69, 9.17) is 5.21 Å². The first kappa shape index (κ1) is 15.9. The number of aromatic hydroxyl groups is 1. The van der Waals surface area contributed by atoms with Gasteiger partial charge in [0.2, 0.25) is 0 Å². The first-order valence-corrected chi connectivity index (χ1v) is 8.05. The van der Waals surface area contributed by atoms with E-state index in [1.807, 2.05) is 34.9 Å². The Balaban J connectivity index is 2.16. The molecule has 0 aliphatic rings. The Kier molecular flexibility index (Phi) is 3.89. The molecule has 0 radical (unpaired) electrons. The van der Waals surface area contributed by atoms with Crippen molar-refractivity contribution >= 4 is 17.1 Å². The van der Waals surface area contributed by atoms with Crippen LogP contribution in [-0.2, 0) is 0 Å². The average molecular weight is 346 g/mol. The zero-order chi connectivity index (χ0) is 18.1. The second-order valence-corrected chi connectivity index (χ2v) is 5.89. The van der Waals surface area contributed by atoms with Gasteiger partial charge in [0.15, 0.2) is 0 Å². The van der Waals surface area contributed by atoms with E-state index in [9.17, 15) is 9.50 Å². The van der Waals surface area contributed by atoms with Crippen molar-refractivity contribution in [2.75, 3.05) is 0 Å². The summed E-state index contributed by atoms with van der Waals surface area (Å²) in [7, 11) is 0. The van der Waals surface area contributed by atoms with Crippen molar-refractivity contribution in [3.63, 3.8) is 0 Å². The number of hydrogen-bond donors (Lipinski definition) is 2. The molecule has 0 bridgehead atoms. The standard InChI is InChI=1S/C21H15FN2O2/c22-15-6-11-20-18(12-15)19(13-23-26)21(14-4-2-1-3-5-14)24(20)16-7-9-17(25)10-8-16/h1-13,25-26H/b23-13+. The van der Waals surface area contributed by atoms with E-state index in [0.29, 0.717) is 10.9 Å². The number of rotatable bonds is 3. The molecule has 0 aliphatic carbocycles. The second kappa shape index (κ2) is 6.37. The Bertz CT molecular complexity index is 1100. The van der Waals surface area contributed by atoms with Gasteiger partial charge < -0.3 is 14.9 Å². The summed E-state index contributed by atoms with van der Waals surface area (Å²) in [5.41, 5.74) is 3.85. The monoisotopic (exact) mass is 346 g/mol. The number of halogens is 1. The predicted molar refractivity (Wildman–Crippen MR) is 99.7 cm³/mol. The van der Waals surface area contributed by atoms with Crippen LogP contribution in [0.25, 0.3) is 27.8 Å². The van der Waals surface area contributed by atoms with Gasteiger partial charge in [0, 0.05) is 16.6 Å². The lowest BCUT2D eigenvalue weighted by atomic mass is 10.1. The summed E-state index contributed by atoms with van der Waals surface area (Å²) in [5, 5.41) is 22.6. The van der Waals surface area contributed by atoms with Gasteiger partial charge in [-0.25, -0.2) is 4.39 Å². The molecular weight excluding hydrogens is 331 g/mol.